The fourth-order valence-corrected chi connectivity index (χ4v) is 0. The summed E-state index contributed by atoms with van der Waals surface area (Å²) in [6.07, 6.45) is -2.08. The molecule has 0 atom stereocenters. The quantitative estimate of drug-likeness (QED) is 0.274. The predicted molar refractivity (Wildman–Crippen MR) is 22.4 cm³/mol. The molecule has 0 amide bonds. The zero-order chi connectivity index (χ0) is 7.15. The first-order valence-electron chi connectivity index (χ1n) is 1.41. The molecule has 5 N–H and O–H groups in total. The molecule has 0 saturated carbocycles. The molecule has 10 heteroatoms. The molecule has 0 aliphatic carbocycles. The molecule has 0 rings (SSSR count). The minimum Gasteiger partial charge on any atom is -0.870 e. The molecule has 11 heavy (non-hydrogen) atoms. The standard InChI is InChI=1S/CH2O3.BH3O3.2Na.H2O/c2*2-1(3)4;;;/h(H2,2,3,4);2-4H;;;1H2/q;;2*+1;/p-2. The molecule has 0 unspecified atom stereocenters. The van der Waals surface area contributed by atoms with Crippen LogP contribution in [0.1, 0.15) is 0 Å². The summed E-state index contributed by atoms with van der Waals surface area (Å²) in [5.74, 6) is 0. The summed E-state index contributed by atoms with van der Waals surface area (Å²) in [7, 11) is -2.17. The van der Waals surface area contributed by atoms with E-state index in [0.29, 0.717) is 0 Å². The van der Waals surface area contributed by atoms with E-state index in [1.54, 1.807) is 0 Å². The van der Waals surface area contributed by atoms with Crippen LogP contribution in [0, 0.1) is 0 Å². The smallest absolute Gasteiger partial charge is 0.870 e. The molecule has 0 radical (unpaired) electrons. The average molecular weight is 186 g/mol. The van der Waals surface area contributed by atoms with Crippen LogP contribution >= 0.6 is 0 Å². The molecular formula is CH5BNa2O7. The fourth-order valence-electron chi connectivity index (χ4n) is 0. The van der Waals surface area contributed by atoms with Crippen molar-refractivity contribution in [2.75, 3.05) is 0 Å². The van der Waals surface area contributed by atoms with Crippen molar-refractivity contribution in [3.8, 4) is 0 Å². The monoisotopic (exact) mass is 186 g/mol. The third kappa shape index (κ3) is 681. The third-order valence-corrected chi connectivity index (χ3v) is 0. The van der Waals surface area contributed by atoms with E-state index in [2.05, 4.69) is 0 Å². The van der Waals surface area contributed by atoms with Gasteiger partial charge in [0, 0.05) is 0 Å². The van der Waals surface area contributed by atoms with Gasteiger partial charge in [-0.15, -0.1) is 0 Å². The first kappa shape index (κ1) is 29.5. The van der Waals surface area contributed by atoms with Gasteiger partial charge in [-0.25, -0.2) is 0 Å². The van der Waals surface area contributed by atoms with E-state index >= 15 is 0 Å². The normalized spacial score (nSPS) is 4.64. The Morgan fingerprint density at radius 3 is 1.18 bits per heavy atom. The van der Waals surface area contributed by atoms with Crippen LogP contribution in [0.5, 0.6) is 0 Å². The van der Waals surface area contributed by atoms with E-state index in [0.717, 1.165) is 0 Å². The first-order chi connectivity index (χ1) is 3.46. The van der Waals surface area contributed by atoms with E-state index in [1.165, 1.54) is 0 Å². The Labute approximate surface area is 107 Å². The molecule has 0 aliphatic heterocycles. The van der Waals surface area contributed by atoms with Gasteiger partial charge in [-0.05, 0) is 0 Å². The first-order valence-corrected chi connectivity index (χ1v) is 1.41. The largest absolute Gasteiger partial charge is 1.00 e. The molecule has 0 bridgehead atoms. The molecule has 0 aliphatic rings. The Morgan fingerprint density at radius 2 is 1.18 bits per heavy atom. The molecule has 0 heterocycles. The maximum Gasteiger partial charge on any atom is 1.00 e. The Bertz CT molecular complexity index is 60.7. The van der Waals surface area contributed by atoms with Gasteiger partial charge < -0.3 is 35.6 Å². The summed E-state index contributed by atoms with van der Waals surface area (Å²) in [5, 5.41) is 36.8. The van der Waals surface area contributed by atoms with Crippen LogP contribution in [0.4, 0.5) is 4.79 Å². The van der Waals surface area contributed by atoms with Crippen LogP contribution in [0.3, 0.4) is 0 Å². The summed E-state index contributed by atoms with van der Waals surface area (Å²) in [5.41, 5.74) is 0. The van der Waals surface area contributed by atoms with E-state index in [9.17, 15) is 0 Å². The second kappa shape index (κ2) is 22.5. The van der Waals surface area contributed by atoms with Gasteiger partial charge in [0.05, 0.1) is 0 Å². The Kier molecular flexibility index (Phi) is 60.3. The summed E-state index contributed by atoms with van der Waals surface area (Å²) in [6.45, 7) is 0. The van der Waals surface area contributed by atoms with E-state index in [-0.39, 0.29) is 64.6 Å². The molecule has 0 fully saturated rings. The van der Waals surface area contributed by atoms with Crippen molar-refractivity contribution in [3.05, 3.63) is 0 Å². The molecule has 0 saturated heterocycles. The molecule has 0 aromatic carbocycles. The van der Waals surface area contributed by atoms with Crippen LogP contribution in [0.2, 0.25) is 0 Å². The summed E-state index contributed by atoms with van der Waals surface area (Å²) in [6, 6.07) is 0. The number of rotatable bonds is 0. The molecular weight excluding hydrogens is 181 g/mol. The van der Waals surface area contributed by atoms with Gasteiger partial charge in [-0.1, -0.05) is 0 Å². The van der Waals surface area contributed by atoms with Gasteiger partial charge in [-0.3, -0.25) is 0 Å². The Hall–Kier alpha value is 1.17. The molecule has 7 nitrogen and oxygen atoms in total. The van der Waals surface area contributed by atoms with Crippen LogP contribution in [-0.2, 0) is 0 Å². The van der Waals surface area contributed by atoms with E-state index < -0.39 is 13.5 Å². The Balaban J connectivity index is -0.0000000171. The van der Waals surface area contributed by atoms with Crippen molar-refractivity contribution in [2.45, 2.75) is 0 Å². The fraction of sp³-hybridized carbons (Fsp3) is 0. The summed E-state index contributed by atoms with van der Waals surface area (Å²) < 4.78 is 0. The van der Waals surface area contributed by atoms with Crippen molar-refractivity contribution < 1.29 is 94.7 Å². The summed E-state index contributed by atoms with van der Waals surface area (Å²) in [4.78, 5) is 8.44. The number of hydrogen-bond donors (Lipinski definition) is 4. The average Bonchev–Trinajstić information content (AvgIpc) is 1.25. The predicted octanol–water partition coefficient (Wildman–Crippen LogP) is -9.33. The number of hydrogen-bond acceptors (Lipinski definition) is 6. The topological polar surface area (TPSA) is 151 Å². The van der Waals surface area contributed by atoms with Gasteiger partial charge >= 0.3 is 66.4 Å². The van der Waals surface area contributed by atoms with Gasteiger partial charge in [0.1, 0.15) is 0 Å². The van der Waals surface area contributed by atoms with Gasteiger partial charge in [0.25, 0.3) is 0 Å². The van der Waals surface area contributed by atoms with Gasteiger partial charge in [0.15, 0.2) is 0 Å². The third-order valence-electron chi connectivity index (χ3n) is 0. The molecule has 0 aromatic heterocycles. The molecule has 0 aromatic rings. The number of carboxylic acid groups (broad SMARTS) is 2. The van der Waals surface area contributed by atoms with Crippen molar-refractivity contribution >= 4 is 13.5 Å². The SMILES string of the molecule is O=C([O-])O.OB(O)O.[Na+].[Na+].[OH-]. The molecule has 0 spiro atoms. The van der Waals surface area contributed by atoms with Crippen LogP contribution in [0.15, 0.2) is 0 Å². The summed E-state index contributed by atoms with van der Waals surface area (Å²) >= 11 is 0. The van der Waals surface area contributed by atoms with E-state index in [4.69, 9.17) is 30.1 Å². The zero-order valence-electron chi connectivity index (χ0n) is 6.13. The van der Waals surface area contributed by atoms with E-state index in [1.807, 2.05) is 0 Å². The maximum atomic E-state index is 8.44. The van der Waals surface area contributed by atoms with Gasteiger partial charge in [0.2, 0.25) is 6.16 Å². The van der Waals surface area contributed by atoms with Crippen molar-refractivity contribution in [1.29, 1.82) is 0 Å². The van der Waals surface area contributed by atoms with Gasteiger partial charge in [-0.2, -0.15) is 0 Å². The van der Waals surface area contributed by atoms with Crippen LogP contribution in [-0.4, -0.2) is 39.1 Å². The van der Waals surface area contributed by atoms with Crippen LogP contribution < -0.4 is 64.2 Å². The minimum absolute atomic E-state index is 0. The van der Waals surface area contributed by atoms with Crippen molar-refractivity contribution in [1.82, 2.24) is 0 Å². The molecule has 56 valence electrons. The zero-order valence-corrected chi connectivity index (χ0v) is 10.1. The number of carbonyl (C=O) groups is 1. The van der Waals surface area contributed by atoms with Crippen LogP contribution in [0.25, 0.3) is 0 Å². The second-order valence-corrected chi connectivity index (χ2v) is 0.612. The van der Waals surface area contributed by atoms with Crippen molar-refractivity contribution in [3.63, 3.8) is 0 Å². The minimum atomic E-state index is -2.17. The second-order valence-electron chi connectivity index (χ2n) is 0.612. The maximum absolute atomic E-state index is 8.44. The Morgan fingerprint density at radius 1 is 1.18 bits per heavy atom. The van der Waals surface area contributed by atoms with Crippen molar-refractivity contribution in [2.24, 2.45) is 0 Å².